The molecule has 2 nitrogen and oxygen atoms in total. The lowest BCUT2D eigenvalue weighted by atomic mass is 9.93. The fraction of sp³-hybridized carbons (Fsp3) is 0.692. The predicted molar refractivity (Wildman–Crippen MR) is 71.3 cm³/mol. The average Bonchev–Trinajstić information content (AvgIpc) is 2.82. The molecule has 0 spiro atoms. The van der Waals surface area contributed by atoms with Crippen molar-refractivity contribution < 1.29 is 0 Å². The normalized spacial score (nSPS) is 27.1. The van der Waals surface area contributed by atoms with Gasteiger partial charge in [0.1, 0.15) is 0 Å². The maximum atomic E-state index is 3.60. The zero-order valence-corrected chi connectivity index (χ0v) is 11.1. The summed E-state index contributed by atoms with van der Waals surface area (Å²) in [5.41, 5.74) is 0. The van der Waals surface area contributed by atoms with E-state index < -0.39 is 0 Å². The number of hydrogen-bond acceptors (Lipinski definition) is 3. The fourth-order valence-electron chi connectivity index (χ4n) is 2.61. The number of piperidine rings is 1. The van der Waals surface area contributed by atoms with Crippen LogP contribution in [0.25, 0.3) is 0 Å². The Morgan fingerprint density at radius 2 is 2.31 bits per heavy atom. The number of likely N-dealkylation sites (N-methyl/N-ethyl adjacent to an activating group) is 2. The zero-order chi connectivity index (χ0) is 11.4. The summed E-state index contributed by atoms with van der Waals surface area (Å²) in [6, 6.07) is 5.13. The second-order valence-electron chi connectivity index (χ2n) is 4.55. The lowest BCUT2D eigenvalue weighted by molar-refractivity contribution is 0.181. The van der Waals surface area contributed by atoms with Crippen LogP contribution in [0.5, 0.6) is 0 Å². The van der Waals surface area contributed by atoms with Crippen LogP contribution in [0.4, 0.5) is 0 Å². The maximum Gasteiger partial charge on any atom is 0.0201 e. The van der Waals surface area contributed by atoms with E-state index >= 15 is 0 Å². The summed E-state index contributed by atoms with van der Waals surface area (Å²) in [5.74, 6) is 0.734. The summed E-state index contributed by atoms with van der Waals surface area (Å²) in [7, 11) is 0. The zero-order valence-electron chi connectivity index (χ0n) is 10.3. The highest BCUT2D eigenvalue weighted by Gasteiger charge is 2.27. The molecule has 1 aromatic heterocycles. The van der Waals surface area contributed by atoms with Gasteiger partial charge in [0.05, 0.1) is 0 Å². The molecule has 0 aliphatic carbocycles. The molecule has 16 heavy (non-hydrogen) atoms. The second-order valence-corrected chi connectivity index (χ2v) is 5.53. The summed E-state index contributed by atoms with van der Waals surface area (Å²) in [6.45, 7) is 9.17. The van der Waals surface area contributed by atoms with Crippen LogP contribution in [-0.2, 0) is 0 Å². The maximum absolute atomic E-state index is 3.60. The third-order valence-corrected chi connectivity index (χ3v) is 4.45. The van der Waals surface area contributed by atoms with Crippen LogP contribution >= 0.6 is 11.3 Å². The number of nitrogens with one attached hydrogen (secondary N) is 1. The molecule has 1 saturated heterocycles. The lowest BCUT2D eigenvalue weighted by Crippen LogP contribution is -2.48. The van der Waals surface area contributed by atoms with Crippen molar-refractivity contribution in [2.75, 3.05) is 26.2 Å². The number of hydrogen-bond donors (Lipinski definition) is 1. The minimum atomic E-state index is 0.672. The SMILES string of the molecule is CCNC1CC(c2cccs2)CN(CC)C1. The average molecular weight is 238 g/mol. The number of thiophene rings is 1. The number of likely N-dealkylation sites (tertiary alicyclic amines) is 1. The summed E-state index contributed by atoms with van der Waals surface area (Å²) in [5, 5.41) is 5.80. The summed E-state index contributed by atoms with van der Waals surface area (Å²) < 4.78 is 0. The molecule has 1 N–H and O–H groups in total. The molecule has 2 unspecified atom stereocenters. The minimum Gasteiger partial charge on any atom is -0.313 e. The molecule has 1 fully saturated rings. The molecule has 2 atom stereocenters. The largest absolute Gasteiger partial charge is 0.313 e. The monoisotopic (exact) mass is 238 g/mol. The smallest absolute Gasteiger partial charge is 0.0201 e. The van der Waals surface area contributed by atoms with Crippen molar-refractivity contribution in [3.05, 3.63) is 22.4 Å². The van der Waals surface area contributed by atoms with Gasteiger partial charge >= 0.3 is 0 Å². The van der Waals surface area contributed by atoms with Crippen molar-refractivity contribution in [1.29, 1.82) is 0 Å². The molecule has 2 heterocycles. The Morgan fingerprint density at radius 1 is 1.44 bits per heavy atom. The van der Waals surface area contributed by atoms with E-state index in [1.54, 1.807) is 4.88 Å². The Bertz CT molecular complexity index is 297. The topological polar surface area (TPSA) is 15.3 Å². The van der Waals surface area contributed by atoms with E-state index in [4.69, 9.17) is 0 Å². The molecule has 1 aliphatic rings. The van der Waals surface area contributed by atoms with Gasteiger partial charge in [-0.05, 0) is 31.0 Å². The first-order valence-corrected chi connectivity index (χ1v) is 7.20. The quantitative estimate of drug-likeness (QED) is 0.867. The van der Waals surface area contributed by atoms with Crippen LogP contribution in [0.15, 0.2) is 17.5 Å². The lowest BCUT2D eigenvalue weighted by Gasteiger charge is -2.37. The van der Waals surface area contributed by atoms with Gasteiger partial charge in [0.15, 0.2) is 0 Å². The van der Waals surface area contributed by atoms with E-state index in [2.05, 4.69) is 41.6 Å². The van der Waals surface area contributed by atoms with Crippen LogP contribution in [0.1, 0.15) is 31.1 Å². The molecule has 1 aliphatic heterocycles. The van der Waals surface area contributed by atoms with Crippen molar-refractivity contribution in [2.45, 2.75) is 32.2 Å². The van der Waals surface area contributed by atoms with Gasteiger partial charge in [0.2, 0.25) is 0 Å². The standard InChI is InChI=1S/C13H22N2S/c1-3-14-12-8-11(9-15(4-2)10-12)13-6-5-7-16-13/h5-7,11-12,14H,3-4,8-10H2,1-2H3. The van der Waals surface area contributed by atoms with Crippen molar-refractivity contribution in [2.24, 2.45) is 0 Å². The molecule has 0 amide bonds. The molecular formula is C13H22N2S. The number of nitrogens with zero attached hydrogens (tertiary/aromatic N) is 1. The molecule has 1 aromatic rings. The van der Waals surface area contributed by atoms with Gasteiger partial charge in [-0.15, -0.1) is 11.3 Å². The van der Waals surface area contributed by atoms with E-state index in [1.807, 2.05) is 11.3 Å². The summed E-state index contributed by atoms with van der Waals surface area (Å²) >= 11 is 1.91. The van der Waals surface area contributed by atoms with Gasteiger partial charge < -0.3 is 10.2 Å². The van der Waals surface area contributed by atoms with Crippen molar-refractivity contribution in [3.8, 4) is 0 Å². The third kappa shape index (κ3) is 2.84. The molecule has 3 heteroatoms. The summed E-state index contributed by atoms with van der Waals surface area (Å²) in [4.78, 5) is 4.13. The van der Waals surface area contributed by atoms with Crippen LogP contribution in [-0.4, -0.2) is 37.1 Å². The first-order valence-electron chi connectivity index (χ1n) is 6.32. The number of rotatable bonds is 4. The molecule has 0 aromatic carbocycles. The first kappa shape index (κ1) is 12.1. The Labute approximate surface area is 103 Å². The molecule has 90 valence electrons. The van der Waals surface area contributed by atoms with Crippen molar-refractivity contribution in [3.63, 3.8) is 0 Å². The van der Waals surface area contributed by atoms with E-state index in [1.165, 1.54) is 26.1 Å². The summed E-state index contributed by atoms with van der Waals surface area (Å²) in [6.07, 6.45) is 1.30. The van der Waals surface area contributed by atoms with Gasteiger partial charge in [-0.3, -0.25) is 0 Å². The van der Waals surface area contributed by atoms with Gasteiger partial charge in [0.25, 0.3) is 0 Å². The van der Waals surface area contributed by atoms with Gasteiger partial charge in [0, 0.05) is 29.9 Å². The molecule has 2 rings (SSSR count). The molecule has 0 bridgehead atoms. The van der Waals surface area contributed by atoms with Crippen molar-refractivity contribution in [1.82, 2.24) is 10.2 Å². The van der Waals surface area contributed by atoms with Crippen LogP contribution in [0.2, 0.25) is 0 Å². The van der Waals surface area contributed by atoms with Gasteiger partial charge in [-0.1, -0.05) is 19.9 Å². The van der Waals surface area contributed by atoms with E-state index in [0.717, 1.165) is 12.5 Å². The van der Waals surface area contributed by atoms with Crippen molar-refractivity contribution >= 4 is 11.3 Å². The Kier molecular flexibility index (Phi) is 4.38. The predicted octanol–water partition coefficient (Wildman–Crippen LogP) is 2.54. The highest BCUT2D eigenvalue weighted by Crippen LogP contribution is 2.29. The second kappa shape index (κ2) is 5.80. The highest BCUT2D eigenvalue weighted by molar-refractivity contribution is 7.10. The van der Waals surface area contributed by atoms with Crippen LogP contribution in [0, 0.1) is 0 Å². The Hall–Kier alpha value is -0.380. The fourth-order valence-corrected chi connectivity index (χ4v) is 3.45. The highest BCUT2D eigenvalue weighted by atomic mass is 32.1. The van der Waals surface area contributed by atoms with Gasteiger partial charge in [-0.25, -0.2) is 0 Å². The van der Waals surface area contributed by atoms with E-state index in [-0.39, 0.29) is 0 Å². The third-order valence-electron chi connectivity index (χ3n) is 3.41. The van der Waals surface area contributed by atoms with E-state index in [0.29, 0.717) is 6.04 Å². The Morgan fingerprint density at radius 3 is 2.94 bits per heavy atom. The van der Waals surface area contributed by atoms with E-state index in [9.17, 15) is 0 Å². The van der Waals surface area contributed by atoms with Crippen LogP contribution < -0.4 is 5.32 Å². The molecule has 0 saturated carbocycles. The van der Waals surface area contributed by atoms with Crippen LogP contribution in [0.3, 0.4) is 0 Å². The minimum absolute atomic E-state index is 0.672. The Balaban J connectivity index is 2.02. The molecule has 0 radical (unpaired) electrons. The molecular weight excluding hydrogens is 216 g/mol. The van der Waals surface area contributed by atoms with Gasteiger partial charge in [-0.2, -0.15) is 0 Å². The first-order chi connectivity index (χ1) is 7.83.